The molecule has 0 aliphatic carbocycles. The summed E-state index contributed by atoms with van der Waals surface area (Å²) in [5, 5.41) is 13.4. The molecule has 0 heterocycles. The van der Waals surface area contributed by atoms with Gasteiger partial charge in [-0.1, -0.05) is 6.07 Å². The molecule has 1 aromatic rings. The molecule has 0 amide bonds. The highest BCUT2D eigenvalue weighted by Gasteiger charge is 2.29. The van der Waals surface area contributed by atoms with Crippen molar-refractivity contribution in [2.75, 3.05) is 0 Å². The predicted octanol–water partition coefficient (Wildman–Crippen LogP) is 3.79. The van der Waals surface area contributed by atoms with Crippen LogP contribution in [0.4, 0.5) is 18.9 Å². The minimum atomic E-state index is -4.22. The molecule has 19 heavy (non-hydrogen) atoms. The Kier molecular flexibility index (Phi) is 5.30. The third-order valence-corrected chi connectivity index (χ3v) is 3.07. The fourth-order valence-electron chi connectivity index (χ4n) is 1.52. The fourth-order valence-corrected chi connectivity index (χ4v) is 1.91. The van der Waals surface area contributed by atoms with Crippen LogP contribution in [0.2, 0.25) is 0 Å². The average molecular weight is 341 g/mol. The van der Waals surface area contributed by atoms with Crippen LogP contribution in [0.25, 0.3) is 0 Å². The number of hydrogen-bond acceptors (Lipinski definition) is 3. The predicted molar refractivity (Wildman–Crippen MR) is 67.8 cm³/mol. The number of halogens is 4. The summed E-state index contributed by atoms with van der Waals surface area (Å²) in [5.41, 5.74) is 0.451. The van der Waals surface area contributed by atoms with E-state index >= 15 is 0 Å². The highest BCUT2D eigenvalue weighted by molar-refractivity contribution is 9.10. The van der Waals surface area contributed by atoms with E-state index in [4.69, 9.17) is 0 Å². The molecule has 1 aromatic carbocycles. The van der Waals surface area contributed by atoms with Crippen molar-refractivity contribution in [2.45, 2.75) is 32.1 Å². The van der Waals surface area contributed by atoms with Crippen molar-refractivity contribution in [3.05, 3.63) is 38.3 Å². The molecule has 1 N–H and O–H groups in total. The van der Waals surface area contributed by atoms with Gasteiger partial charge < -0.3 is 5.32 Å². The smallest absolute Gasteiger partial charge is 0.310 e. The molecule has 0 radical (unpaired) electrons. The van der Waals surface area contributed by atoms with Crippen molar-refractivity contribution in [2.24, 2.45) is 0 Å². The highest BCUT2D eigenvalue weighted by Crippen LogP contribution is 2.26. The van der Waals surface area contributed by atoms with Gasteiger partial charge in [-0.25, -0.2) is 0 Å². The van der Waals surface area contributed by atoms with Gasteiger partial charge in [0.15, 0.2) is 0 Å². The largest absolute Gasteiger partial charge is 0.390 e. The van der Waals surface area contributed by atoms with E-state index in [1.807, 2.05) is 0 Å². The molecule has 1 rings (SSSR count). The van der Waals surface area contributed by atoms with E-state index in [0.29, 0.717) is 10.0 Å². The van der Waals surface area contributed by atoms with Crippen LogP contribution >= 0.6 is 15.9 Å². The van der Waals surface area contributed by atoms with Crippen molar-refractivity contribution in [1.29, 1.82) is 0 Å². The van der Waals surface area contributed by atoms with E-state index < -0.39 is 23.6 Å². The highest BCUT2D eigenvalue weighted by atomic mass is 79.9. The number of nitro groups is 1. The summed E-state index contributed by atoms with van der Waals surface area (Å²) >= 11 is 3.04. The lowest BCUT2D eigenvalue weighted by molar-refractivity contribution is -0.385. The van der Waals surface area contributed by atoms with Crippen LogP contribution in [0, 0.1) is 10.1 Å². The molecular weight excluding hydrogens is 329 g/mol. The summed E-state index contributed by atoms with van der Waals surface area (Å²) in [6.07, 6.45) is -5.16. The summed E-state index contributed by atoms with van der Waals surface area (Å²) < 4.78 is 36.7. The molecule has 0 aliphatic heterocycles. The Labute approximate surface area is 116 Å². The van der Waals surface area contributed by atoms with Crippen molar-refractivity contribution in [3.63, 3.8) is 0 Å². The van der Waals surface area contributed by atoms with Gasteiger partial charge >= 0.3 is 6.18 Å². The summed E-state index contributed by atoms with van der Waals surface area (Å²) in [7, 11) is 0. The molecule has 0 saturated heterocycles. The zero-order valence-corrected chi connectivity index (χ0v) is 11.6. The molecule has 0 spiro atoms. The number of hydrogen-bond donors (Lipinski definition) is 1. The fraction of sp³-hybridized carbons (Fsp3) is 0.455. The van der Waals surface area contributed by atoms with Gasteiger partial charge in [0.1, 0.15) is 0 Å². The second kappa shape index (κ2) is 6.33. The number of alkyl halides is 3. The molecule has 0 bridgehead atoms. The minimum Gasteiger partial charge on any atom is -0.310 e. The lowest BCUT2D eigenvalue weighted by Gasteiger charge is -2.15. The van der Waals surface area contributed by atoms with Crippen LogP contribution in [0.5, 0.6) is 0 Å². The lowest BCUT2D eigenvalue weighted by atomic mass is 10.1. The standard InChI is InChI=1S/C11H12BrF3N2O2/c1-7(5-11(13,14)15)16-6-8-2-3-9(12)10(4-8)17(18)19/h2-4,7,16H,5-6H2,1H3. The van der Waals surface area contributed by atoms with Crippen LogP contribution in [0.3, 0.4) is 0 Å². The molecule has 0 aliphatic rings. The molecule has 106 valence electrons. The summed E-state index contributed by atoms with van der Waals surface area (Å²) in [4.78, 5) is 10.2. The van der Waals surface area contributed by atoms with E-state index in [-0.39, 0.29) is 12.2 Å². The Hall–Kier alpha value is -1.15. The van der Waals surface area contributed by atoms with Gasteiger partial charge in [0, 0.05) is 18.7 Å². The zero-order chi connectivity index (χ0) is 14.6. The summed E-state index contributed by atoms with van der Waals surface area (Å²) in [6, 6.07) is 3.70. The van der Waals surface area contributed by atoms with E-state index in [9.17, 15) is 23.3 Å². The Morgan fingerprint density at radius 3 is 2.63 bits per heavy atom. The van der Waals surface area contributed by atoms with Crippen molar-refractivity contribution in [3.8, 4) is 0 Å². The minimum absolute atomic E-state index is 0.109. The van der Waals surface area contributed by atoms with Crippen LogP contribution in [0.15, 0.2) is 22.7 Å². The third-order valence-electron chi connectivity index (χ3n) is 2.40. The van der Waals surface area contributed by atoms with Crippen LogP contribution < -0.4 is 5.32 Å². The maximum atomic E-state index is 12.1. The Balaban J connectivity index is 2.63. The first-order valence-corrected chi connectivity index (χ1v) is 6.21. The molecule has 8 heteroatoms. The molecule has 1 atom stereocenters. The van der Waals surface area contributed by atoms with Gasteiger partial charge in [0.25, 0.3) is 5.69 Å². The SMILES string of the molecule is CC(CC(F)(F)F)NCc1ccc(Br)c([N+](=O)[O-])c1. The second-order valence-corrected chi connectivity index (χ2v) is 5.00. The topological polar surface area (TPSA) is 55.2 Å². The quantitative estimate of drug-likeness (QED) is 0.655. The number of benzene rings is 1. The molecule has 0 aromatic heterocycles. The summed E-state index contributed by atoms with van der Waals surface area (Å²) in [5.74, 6) is 0. The zero-order valence-electron chi connectivity index (χ0n) is 10.00. The Morgan fingerprint density at radius 2 is 2.11 bits per heavy atom. The average Bonchev–Trinajstić information content (AvgIpc) is 2.25. The van der Waals surface area contributed by atoms with Gasteiger partial charge in [-0.05, 0) is 34.5 Å². The first-order valence-electron chi connectivity index (χ1n) is 5.42. The molecular formula is C11H12BrF3N2O2. The van der Waals surface area contributed by atoms with E-state index in [1.165, 1.54) is 19.1 Å². The molecule has 0 saturated carbocycles. The van der Waals surface area contributed by atoms with Gasteiger partial charge in [-0.2, -0.15) is 13.2 Å². The normalized spacial score (nSPS) is 13.3. The molecule has 1 unspecified atom stereocenters. The second-order valence-electron chi connectivity index (χ2n) is 4.14. The van der Waals surface area contributed by atoms with Crippen molar-refractivity contribution >= 4 is 21.6 Å². The number of nitrogens with one attached hydrogen (secondary N) is 1. The molecule has 4 nitrogen and oxygen atoms in total. The molecule has 0 fully saturated rings. The van der Waals surface area contributed by atoms with Crippen LogP contribution in [-0.4, -0.2) is 17.1 Å². The maximum absolute atomic E-state index is 12.1. The van der Waals surface area contributed by atoms with Crippen LogP contribution in [0.1, 0.15) is 18.9 Å². The van der Waals surface area contributed by atoms with E-state index in [1.54, 1.807) is 6.07 Å². The number of nitrogens with zero attached hydrogens (tertiary/aromatic N) is 1. The van der Waals surface area contributed by atoms with E-state index in [2.05, 4.69) is 21.2 Å². The van der Waals surface area contributed by atoms with Crippen LogP contribution in [-0.2, 0) is 6.54 Å². The van der Waals surface area contributed by atoms with Gasteiger partial charge in [-0.3, -0.25) is 10.1 Å². The van der Waals surface area contributed by atoms with Gasteiger partial charge in [0.05, 0.1) is 15.8 Å². The summed E-state index contributed by atoms with van der Waals surface area (Å²) in [6.45, 7) is 1.56. The lowest BCUT2D eigenvalue weighted by Crippen LogP contribution is -2.30. The Morgan fingerprint density at radius 1 is 1.47 bits per heavy atom. The van der Waals surface area contributed by atoms with Crippen molar-refractivity contribution in [1.82, 2.24) is 5.32 Å². The monoisotopic (exact) mass is 340 g/mol. The van der Waals surface area contributed by atoms with E-state index in [0.717, 1.165) is 0 Å². The number of nitro benzene ring substituents is 1. The first kappa shape index (κ1) is 15.9. The Bertz CT molecular complexity index is 466. The first-order chi connectivity index (χ1) is 8.69. The maximum Gasteiger partial charge on any atom is 0.390 e. The number of rotatable bonds is 5. The van der Waals surface area contributed by atoms with Crippen molar-refractivity contribution < 1.29 is 18.1 Å². The van der Waals surface area contributed by atoms with Gasteiger partial charge in [-0.15, -0.1) is 0 Å². The third kappa shape index (κ3) is 5.56. The van der Waals surface area contributed by atoms with Gasteiger partial charge in [0.2, 0.25) is 0 Å².